The molecule has 2 N–H and O–H groups in total. The van der Waals surface area contributed by atoms with E-state index in [9.17, 15) is 0 Å². The molecule has 1 aromatic carbocycles. The van der Waals surface area contributed by atoms with Gasteiger partial charge in [0.2, 0.25) is 0 Å². The molecule has 3 heteroatoms. The summed E-state index contributed by atoms with van der Waals surface area (Å²) < 4.78 is 0. The summed E-state index contributed by atoms with van der Waals surface area (Å²) in [7, 11) is 0. The summed E-state index contributed by atoms with van der Waals surface area (Å²) in [5.41, 5.74) is 8.36. The van der Waals surface area contributed by atoms with E-state index < -0.39 is 0 Å². The van der Waals surface area contributed by atoms with Crippen LogP contribution < -0.4 is 5.73 Å². The highest BCUT2D eigenvalue weighted by Crippen LogP contribution is 2.23. The molecule has 1 aromatic rings. The second kappa shape index (κ2) is 7.16. The second-order valence-corrected chi connectivity index (χ2v) is 4.99. The molecular formula is C13H21Cl2N. The Kier molecular flexibility index (Phi) is 7.05. The van der Waals surface area contributed by atoms with Crippen LogP contribution in [-0.2, 0) is 0 Å². The molecule has 1 atom stereocenters. The molecule has 0 aliphatic heterocycles. The summed E-state index contributed by atoms with van der Waals surface area (Å²) in [6, 6.07) is 6.21. The molecular weight excluding hydrogens is 241 g/mol. The molecule has 16 heavy (non-hydrogen) atoms. The van der Waals surface area contributed by atoms with Gasteiger partial charge in [-0.2, -0.15) is 0 Å². The van der Waals surface area contributed by atoms with Gasteiger partial charge in [0, 0.05) is 11.1 Å². The van der Waals surface area contributed by atoms with Crippen LogP contribution in [0.4, 0.5) is 0 Å². The van der Waals surface area contributed by atoms with Gasteiger partial charge in [0.05, 0.1) is 0 Å². The Balaban J connectivity index is 0.00000225. The van der Waals surface area contributed by atoms with Crippen LogP contribution in [0.25, 0.3) is 0 Å². The molecule has 0 radical (unpaired) electrons. The first kappa shape index (κ1) is 15.8. The van der Waals surface area contributed by atoms with Crippen molar-refractivity contribution in [2.75, 3.05) is 0 Å². The lowest BCUT2D eigenvalue weighted by atomic mass is 9.98. The fraction of sp³-hybridized carbons (Fsp3) is 0.538. The second-order valence-electron chi connectivity index (χ2n) is 4.59. The molecule has 1 rings (SSSR count). The molecule has 0 unspecified atom stereocenters. The van der Waals surface area contributed by atoms with Gasteiger partial charge >= 0.3 is 0 Å². The molecule has 0 bridgehead atoms. The summed E-state index contributed by atoms with van der Waals surface area (Å²) in [6.07, 6.45) is 2.18. The quantitative estimate of drug-likeness (QED) is 0.849. The zero-order chi connectivity index (χ0) is 11.4. The van der Waals surface area contributed by atoms with Crippen LogP contribution in [0, 0.1) is 12.8 Å². The van der Waals surface area contributed by atoms with E-state index in [0.717, 1.165) is 29.0 Å². The standard InChI is InChI=1S/C13H20ClN.ClH/c1-9(2)4-7-13(15)11-6-5-10(3)12(14)8-11;/h5-6,8-9,13H,4,7,15H2,1-3H3;1H/t13-;/m0./s1. The number of benzene rings is 1. The first-order valence-corrected chi connectivity index (χ1v) is 5.90. The van der Waals surface area contributed by atoms with Crippen LogP contribution in [-0.4, -0.2) is 0 Å². The lowest BCUT2D eigenvalue weighted by Crippen LogP contribution is -2.11. The molecule has 0 heterocycles. The monoisotopic (exact) mass is 261 g/mol. The molecule has 0 amide bonds. The first-order valence-electron chi connectivity index (χ1n) is 5.52. The number of aryl methyl sites for hydroxylation is 1. The SMILES string of the molecule is Cc1ccc([C@@H](N)CCC(C)C)cc1Cl.Cl. The largest absolute Gasteiger partial charge is 0.324 e. The summed E-state index contributed by atoms with van der Waals surface area (Å²) >= 11 is 6.07. The van der Waals surface area contributed by atoms with Crippen LogP contribution >= 0.6 is 24.0 Å². The predicted octanol–water partition coefficient (Wildman–Crippen LogP) is 4.51. The van der Waals surface area contributed by atoms with E-state index in [0.29, 0.717) is 5.92 Å². The third-order valence-electron chi connectivity index (χ3n) is 2.68. The molecule has 1 nitrogen and oxygen atoms in total. The van der Waals surface area contributed by atoms with Crippen LogP contribution in [0.5, 0.6) is 0 Å². The minimum atomic E-state index is 0. The van der Waals surface area contributed by atoms with Gasteiger partial charge in [-0.1, -0.05) is 37.6 Å². The van der Waals surface area contributed by atoms with Gasteiger partial charge in [-0.3, -0.25) is 0 Å². The van der Waals surface area contributed by atoms with Gasteiger partial charge in [-0.15, -0.1) is 12.4 Å². The minimum absolute atomic E-state index is 0. The van der Waals surface area contributed by atoms with Crippen molar-refractivity contribution >= 4 is 24.0 Å². The molecule has 0 aliphatic rings. The van der Waals surface area contributed by atoms with Crippen LogP contribution in [0.2, 0.25) is 5.02 Å². The van der Waals surface area contributed by atoms with Crippen molar-refractivity contribution in [3.05, 3.63) is 34.3 Å². The van der Waals surface area contributed by atoms with E-state index >= 15 is 0 Å². The normalized spacial score (nSPS) is 12.4. The number of hydrogen-bond donors (Lipinski definition) is 1. The highest BCUT2D eigenvalue weighted by Gasteiger charge is 2.08. The van der Waals surface area contributed by atoms with Gasteiger partial charge < -0.3 is 5.73 Å². The zero-order valence-electron chi connectivity index (χ0n) is 10.2. The lowest BCUT2D eigenvalue weighted by Gasteiger charge is -2.14. The Morgan fingerprint density at radius 3 is 2.38 bits per heavy atom. The maximum atomic E-state index is 6.10. The number of rotatable bonds is 4. The average molecular weight is 262 g/mol. The van der Waals surface area contributed by atoms with Crippen molar-refractivity contribution in [2.45, 2.75) is 39.7 Å². The Hall–Kier alpha value is -0.240. The van der Waals surface area contributed by atoms with E-state index in [4.69, 9.17) is 17.3 Å². The van der Waals surface area contributed by atoms with Crippen molar-refractivity contribution in [3.8, 4) is 0 Å². The summed E-state index contributed by atoms with van der Waals surface area (Å²) in [6.45, 7) is 6.44. The van der Waals surface area contributed by atoms with E-state index in [1.54, 1.807) is 0 Å². The van der Waals surface area contributed by atoms with Crippen molar-refractivity contribution in [3.63, 3.8) is 0 Å². The molecule has 0 saturated heterocycles. The Labute approximate surface area is 110 Å². The molecule has 0 aromatic heterocycles. The fourth-order valence-corrected chi connectivity index (χ4v) is 1.71. The maximum Gasteiger partial charge on any atom is 0.0438 e. The van der Waals surface area contributed by atoms with Gasteiger partial charge in [0.15, 0.2) is 0 Å². The fourth-order valence-electron chi connectivity index (χ4n) is 1.52. The number of hydrogen-bond acceptors (Lipinski definition) is 1. The molecule has 0 fully saturated rings. The molecule has 0 spiro atoms. The maximum absolute atomic E-state index is 6.10. The predicted molar refractivity (Wildman–Crippen MR) is 74.4 cm³/mol. The van der Waals surface area contributed by atoms with Crippen molar-refractivity contribution in [1.82, 2.24) is 0 Å². The van der Waals surface area contributed by atoms with Crippen molar-refractivity contribution < 1.29 is 0 Å². The minimum Gasteiger partial charge on any atom is -0.324 e. The van der Waals surface area contributed by atoms with Gasteiger partial charge in [0.25, 0.3) is 0 Å². The lowest BCUT2D eigenvalue weighted by molar-refractivity contribution is 0.507. The van der Waals surface area contributed by atoms with Gasteiger partial charge in [0.1, 0.15) is 0 Å². The summed E-state index contributed by atoms with van der Waals surface area (Å²) in [5, 5.41) is 0.812. The van der Waals surface area contributed by atoms with Gasteiger partial charge in [-0.05, 0) is 42.9 Å². The number of halogens is 2. The van der Waals surface area contributed by atoms with Crippen molar-refractivity contribution in [2.24, 2.45) is 11.7 Å². The van der Waals surface area contributed by atoms with Gasteiger partial charge in [-0.25, -0.2) is 0 Å². The summed E-state index contributed by atoms with van der Waals surface area (Å²) in [4.78, 5) is 0. The van der Waals surface area contributed by atoms with E-state index in [2.05, 4.69) is 19.9 Å². The first-order chi connectivity index (χ1) is 7.00. The molecule has 92 valence electrons. The summed E-state index contributed by atoms with van der Waals surface area (Å²) in [5.74, 6) is 0.706. The third kappa shape index (κ3) is 4.73. The Morgan fingerprint density at radius 1 is 1.25 bits per heavy atom. The Morgan fingerprint density at radius 2 is 1.88 bits per heavy atom. The highest BCUT2D eigenvalue weighted by molar-refractivity contribution is 6.31. The van der Waals surface area contributed by atoms with E-state index in [1.165, 1.54) is 0 Å². The van der Waals surface area contributed by atoms with Crippen LogP contribution in [0.3, 0.4) is 0 Å². The number of nitrogens with two attached hydrogens (primary N) is 1. The third-order valence-corrected chi connectivity index (χ3v) is 3.09. The highest BCUT2D eigenvalue weighted by atomic mass is 35.5. The molecule has 0 saturated carbocycles. The average Bonchev–Trinajstić information content (AvgIpc) is 2.18. The topological polar surface area (TPSA) is 26.0 Å². The van der Waals surface area contributed by atoms with E-state index in [-0.39, 0.29) is 18.4 Å². The van der Waals surface area contributed by atoms with Crippen molar-refractivity contribution in [1.29, 1.82) is 0 Å². The smallest absolute Gasteiger partial charge is 0.0438 e. The molecule has 0 aliphatic carbocycles. The Bertz CT molecular complexity index is 324. The van der Waals surface area contributed by atoms with E-state index in [1.807, 2.05) is 19.1 Å². The van der Waals surface area contributed by atoms with Crippen LogP contribution in [0.1, 0.15) is 43.9 Å². The zero-order valence-corrected chi connectivity index (χ0v) is 11.7. The van der Waals surface area contributed by atoms with Crippen LogP contribution in [0.15, 0.2) is 18.2 Å².